The molecule has 28 heavy (non-hydrogen) atoms. The maximum atomic E-state index is 12.3. The van der Waals surface area contributed by atoms with Crippen molar-refractivity contribution in [1.29, 1.82) is 0 Å². The number of nitrogens with one attached hydrogen (secondary N) is 1. The molecule has 0 aliphatic carbocycles. The molecule has 0 fully saturated rings. The van der Waals surface area contributed by atoms with Crippen molar-refractivity contribution in [2.45, 2.75) is 32.7 Å². The Morgan fingerprint density at radius 3 is 2.50 bits per heavy atom. The Kier molecular flexibility index (Phi) is 5.35. The minimum absolute atomic E-state index is 0.0652. The summed E-state index contributed by atoms with van der Waals surface area (Å²) >= 11 is 0. The van der Waals surface area contributed by atoms with E-state index in [1.165, 1.54) is 4.90 Å². The molecule has 7 nitrogen and oxygen atoms in total. The standard InChI is InChI=1S/C21H23N3O4/c1-21(2,3)24(20(26)27)12-11-18(25)22-15-9-10-17-16(13-15)23-19(28-17)14-7-5-4-6-8-14/h4-10,13H,11-12H2,1-3H3,(H,22,25)(H,26,27). The molecule has 0 atom stereocenters. The second kappa shape index (κ2) is 7.72. The number of benzene rings is 2. The van der Waals surface area contributed by atoms with E-state index in [0.717, 1.165) is 5.56 Å². The summed E-state index contributed by atoms with van der Waals surface area (Å²) in [6.45, 7) is 5.50. The summed E-state index contributed by atoms with van der Waals surface area (Å²) in [6, 6.07) is 14.8. The lowest BCUT2D eigenvalue weighted by molar-refractivity contribution is -0.116. The summed E-state index contributed by atoms with van der Waals surface area (Å²) in [5.74, 6) is 0.253. The molecule has 3 aromatic rings. The number of nitrogens with zero attached hydrogens (tertiary/aromatic N) is 2. The SMILES string of the molecule is CC(C)(C)N(CCC(=O)Nc1ccc2oc(-c3ccccc3)nc2c1)C(=O)O. The molecular formula is C21H23N3O4. The van der Waals surface area contributed by atoms with Gasteiger partial charge in [0.15, 0.2) is 5.58 Å². The quantitative estimate of drug-likeness (QED) is 0.673. The maximum absolute atomic E-state index is 12.3. The Labute approximate surface area is 163 Å². The van der Waals surface area contributed by atoms with Crippen molar-refractivity contribution in [1.82, 2.24) is 9.88 Å². The minimum Gasteiger partial charge on any atom is -0.465 e. The van der Waals surface area contributed by atoms with Crippen LogP contribution >= 0.6 is 0 Å². The second-order valence-electron chi connectivity index (χ2n) is 7.47. The van der Waals surface area contributed by atoms with E-state index in [0.29, 0.717) is 22.7 Å². The molecule has 2 aromatic carbocycles. The van der Waals surface area contributed by atoms with Gasteiger partial charge in [0.2, 0.25) is 11.8 Å². The maximum Gasteiger partial charge on any atom is 0.407 e. The van der Waals surface area contributed by atoms with Crippen LogP contribution in [0.5, 0.6) is 0 Å². The van der Waals surface area contributed by atoms with Crippen molar-refractivity contribution in [3.05, 3.63) is 48.5 Å². The van der Waals surface area contributed by atoms with E-state index < -0.39 is 11.6 Å². The number of aromatic nitrogens is 1. The first kappa shape index (κ1) is 19.4. The smallest absolute Gasteiger partial charge is 0.407 e. The monoisotopic (exact) mass is 381 g/mol. The lowest BCUT2D eigenvalue weighted by Crippen LogP contribution is -2.46. The van der Waals surface area contributed by atoms with Crippen LogP contribution < -0.4 is 5.32 Å². The predicted molar refractivity (Wildman–Crippen MR) is 107 cm³/mol. The van der Waals surface area contributed by atoms with Gasteiger partial charge in [0, 0.05) is 29.8 Å². The molecule has 7 heteroatoms. The molecule has 2 amide bonds. The zero-order chi connectivity index (χ0) is 20.3. The van der Waals surface area contributed by atoms with Gasteiger partial charge >= 0.3 is 6.09 Å². The van der Waals surface area contributed by atoms with Crippen molar-refractivity contribution < 1.29 is 19.1 Å². The number of fused-ring (bicyclic) bond motifs is 1. The van der Waals surface area contributed by atoms with Crippen molar-refractivity contribution in [3.63, 3.8) is 0 Å². The number of carbonyl (C=O) groups is 2. The van der Waals surface area contributed by atoms with E-state index in [1.807, 2.05) is 30.3 Å². The van der Waals surface area contributed by atoms with E-state index in [4.69, 9.17) is 4.42 Å². The third-order valence-electron chi connectivity index (χ3n) is 4.30. The molecule has 1 heterocycles. The highest BCUT2D eigenvalue weighted by atomic mass is 16.4. The van der Waals surface area contributed by atoms with Crippen LogP contribution in [0, 0.1) is 0 Å². The van der Waals surface area contributed by atoms with Crippen molar-refractivity contribution >= 4 is 28.8 Å². The number of hydrogen-bond acceptors (Lipinski definition) is 4. The first-order chi connectivity index (χ1) is 13.2. The average molecular weight is 381 g/mol. The molecule has 0 aliphatic rings. The number of amides is 2. The van der Waals surface area contributed by atoms with Gasteiger partial charge in [0.25, 0.3) is 0 Å². The number of anilines is 1. The summed E-state index contributed by atoms with van der Waals surface area (Å²) in [6.07, 6.45) is -0.979. The molecule has 0 unspecified atom stereocenters. The summed E-state index contributed by atoms with van der Waals surface area (Å²) in [4.78, 5) is 29.3. The van der Waals surface area contributed by atoms with Crippen LogP contribution in [0.1, 0.15) is 27.2 Å². The first-order valence-electron chi connectivity index (χ1n) is 9.00. The Balaban J connectivity index is 1.69. The summed E-state index contributed by atoms with van der Waals surface area (Å²) in [5, 5.41) is 12.1. The van der Waals surface area contributed by atoms with E-state index in [9.17, 15) is 14.7 Å². The lowest BCUT2D eigenvalue weighted by Gasteiger charge is -2.32. The number of hydrogen-bond donors (Lipinski definition) is 2. The Morgan fingerprint density at radius 1 is 1.14 bits per heavy atom. The van der Waals surface area contributed by atoms with Crippen molar-refractivity contribution in [3.8, 4) is 11.5 Å². The molecule has 1 aromatic heterocycles. The third kappa shape index (κ3) is 4.49. The van der Waals surface area contributed by atoms with E-state index in [2.05, 4.69) is 10.3 Å². The highest BCUT2D eigenvalue weighted by Crippen LogP contribution is 2.26. The predicted octanol–water partition coefficient (Wildman–Crippen LogP) is 4.60. The number of carbonyl (C=O) groups excluding carboxylic acids is 1. The Bertz CT molecular complexity index is 990. The van der Waals surface area contributed by atoms with Gasteiger partial charge in [-0.25, -0.2) is 9.78 Å². The average Bonchev–Trinajstić information content (AvgIpc) is 3.04. The summed E-state index contributed by atoms with van der Waals surface area (Å²) in [7, 11) is 0. The molecule has 0 radical (unpaired) electrons. The molecule has 3 rings (SSSR count). The number of carboxylic acid groups (broad SMARTS) is 1. The van der Waals surface area contributed by atoms with Gasteiger partial charge in [-0.2, -0.15) is 0 Å². The van der Waals surface area contributed by atoms with Crippen molar-refractivity contribution in [2.24, 2.45) is 0 Å². The van der Waals surface area contributed by atoms with Crippen LogP contribution in [-0.4, -0.2) is 39.1 Å². The molecule has 0 saturated carbocycles. The lowest BCUT2D eigenvalue weighted by atomic mass is 10.1. The number of rotatable bonds is 5. The summed E-state index contributed by atoms with van der Waals surface area (Å²) in [5.41, 5.74) is 2.16. The fourth-order valence-corrected chi connectivity index (χ4v) is 2.86. The van der Waals surface area contributed by atoms with Gasteiger partial charge in [0.05, 0.1) is 0 Å². The molecule has 146 valence electrons. The Morgan fingerprint density at radius 2 is 1.86 bits per heavy atom. The fourth-order valence-electron chi connectivity index (χ4n) is 2.86. The molecule has 0 aliphatic heterocycles. The zero-order valence-electron chi connectivity index (χ0n) is 16.1. The Hall–Kier alpha value is -3.35. The van der Waals surface area contributed by atoms with Crippen LogP contribution in [0.2, 0.25) is 0 Å². The molecular weight excluding hydrogens is 358 g/mol. The van der Waals surface area contributed by atoms with E-state index in [1.54, 1.807) is 39.0 Å². The first-order valence-corrected chi connectivity index (χ1v) is 9.00. The third-order valence-corrected chi connectivity index (χ3v) is 4.30. The van der Waals surface area contributed by atoms with Gasteiger partial charge in [-0.1, -0.05) is 18.2 Å². The number of oxazole rings is 1. The highest BCUT2D eigenvalue weighted by molar-refractivity contribution is 5.93. The topological polar surface area (TPSA) is 95.7 Å². The molecule has 2 N–H and O–H groups in total. The zero-order valence-corrected chi connectivity index (χ0v) is 16.1. The largest absolute Gasteiger partial charge is 0.465 e. The molecule has 0 spiro atoms. The van der Waals surface area contributed by atoms with E-state index in [-0.39, 0.29) is 18.9 Å². The minimum atomic E-state index is -1.04. The van der Waals surface area contributed by atoms with Gasteiger partial charge in [-0.3, -0.25) is 4.79 Å². The fraction of sp³-hybridized carbons (Fsp3) is 0.286. The van der Waals surface area contributed by atoms with Crippen LogP contribution in [-0.2, 0) is 4.79 Å². The van der Waals surface area contributed by atoms with Gasteiger partial charge in [-0.15, -0.1) is 0 Å². The van der Waals surface area contributed by atoms with Gasteiger partial charge in [-0.05, 0) is 51.1 Å². The van der Waals surface area contributed by atoms with E-state index >= 15 is 0 Å². The molecule has 0 saturated heterocycles. The normalized spacial score (nSPS) is 11.4. The second-order valence-corrected chi connectivity index (χ2v) is 7.47. The van der Waals surface area contributed by atoms with Crippen LogP contribution in [0.15, 0.2) is 52.9 Å². The van der Waals surface area contributed by atoms with Gasteiger partial charge in [0.1, 0.15) is 5.52 Å². The molecule has 0 bridgehead atoms. The van der Waals surface area contributed by atoms with Crippen LogP contribution in [0.25, 0.3) is 22.6 Å². The van der Waals surface area contributed by atoms with Crippen LogP contribution in [0.4, 0.5) is 10.5 Å². The van der Waals surface area contributed by atoms with Crippen molar-refractivity contribution in [2.75, 3.05) is 11.9 Å². The van der Waals surface area contributed by atoms with Gasteiger partial charge < -0.3 is 19.7 Å². The van der Waals surface area contributed by atoms with Crippen LogP contribution in [0.3, 0.4) is 0 Å². The summed E-state index contributed by atoms with van der Waals surface area (Å²) < 4.78 is 5.76. The highest BCUT2D eigenvalue weighted by Gasteiger charge is 2.26.